The minimum atomic E-state index is -0.346. The van der Waals surface area contributed by atoms with E-state index in [-0.39, 0.29) is 5.97 Å². The quantitative estimate of drug-likeness (QED) is 0.416. The molecule has 3 aromatic rings. The fourth-order valence-electron chi connectivity index (χ4n) is 3.97. The molecule has 0 fully saturated rings. The van der Waals surface area contributed by atoms with Crippen molar-refractivity contribution in [3.05, 3.63) is 83.2 Å². The number of aryl methyl sites for hydroxylation is 2. The Morgan fingerprint density at radius 2 is 1.88 bits per heavy atom. The lowest BCUT2D eigenvalue weighted by molar-refractivity contribution is 0.0601. The number of hydrogen-bond donors (Lipinski definition) is 1. The predicted molar refractivity (Wildman–Crippen MR) is 133 cm³/mol. The molecule has 168 valence electrons. The van der Waals surface area contributed by atoms with Crippen molar-refractivity contribution in [3.8, 4) is 0 Å². The molecule has 4 rings (SSSR count). The van der Waals surface area contributed by atoms with Gasteiger partial charge in [0.25, 0.3) is 0 Å². The summed E-state index contributed by atoms with van der Waals surface area (Å²) in [6.07, 6.45) is 6.74. The average molecular weight is 449 g/mol. The molecule has 0 radical (unpaired) electrons. The molecule has 0 spiro atoms. The highest BCUT2D eigenvalue weighted by atomic mass is 32.2. The maximum Gasteiger partial charge on any atom is 0.340 e. The van der Waals surface area contributed by atoms with Crippen LogP contribution in [0.1, 0.15) is 59.7 Å². The van der Waals surface area contributed by atoms with Crippen LogP contribution in [0.2, 0.25) is 0 Å². The van der Waals surface area contributed by atoms with Gasteiger partial charge in [-0.2, -0.15) is 0 Å². The number of esters is 1. The third kappa shape index (κ3) is 5.92. The van der Waals surface area contributed by atoms with Crippen LogP contribution < -0.4 is 5.32 Å². The minimum absolute atomic E-state index is 0.346. The molecule has 1 aliphatic rings. The van der Waals surface area contributed by atoms with Crippen molar-refractivity contribution in [1.29, 1.82) is 0 Å². The summed E-state index contributed by atoms with van der Waals surface area (Å²) in [5.74, 6) is 0.0691. The Kier molecular flexibility index (Phi) is 8.74. The number of rotatable bonds is 6. The topological polar surface area (TPSA) is 51.2 Å². The number of carbonyl (C=O) groups is 1. The second-order valence-corrected chi connectivity index (χ2v) is 8.81. The van der Waals surface area contributed by atoms with E-state index in [1.54, 1.807) is 18.5 Å². The van der Waals surface area contributed by atoms with Gasteiger partial charge >= 0.3 is 5.97 Å². The van der Waals surface area contributed by atoms with Gasteiger partial charge in [0.1, 0.15) is 0 Å². The summed E-state index contributed by atoms with van der Waals surface area (Å²) in [4.78, 5) is 18.7. The lowest BCUT2D eigenvalue weighted by Gasteiger charge is -2.27. The molecule has 1 heterocycles. The number of ether oxygens (including phenoxy) is 1. The molecule has 0 saturated carbocycles. The van der Waals surface area contributed by atoms with Crippen LogP contribution in [0, 0.1) is 6.92 Å². The first-order valence-corrected chi connectivity index (χ1v) is 12.1. The molecule has 5 heteroatoms. The maximum atomic E-state index is 12.0. The number of fused-ring (bicyclic) bond motifs is 1. The third-order valence-corrected chi connectivity index (χ3v) is 6.57. The number of anilines is 1. The van der Waals surface area contributed by atoms with Crippen LogP contribution in [0.5, 0.6) is 0 Å². The van der Waals surface area contributed by atoms with Gasteiger partial charge in [0.05, 0.1) is 24.6 Å². The molecule has 0 saturated heterocycles. The van der Waals surface area contributed by atoms with Crippen molar-refractivity contribution >= 4 is 23.4 Å². The van der Waals surface area contributed by atoms with E-state index in [0.29, 0.717) is 11.5 Å². The number of pyridine rings is 1. The smallest absolute Gasteiger partial charge is 0.340 e. The molecular formula is C27H32N2O2S. The second kappa shape index (κ2) is 11.7. The van der Waals surface area contributed by atoms with Crippen molar-refractivity contribution in [2.75, 3.05) is 19.0 Å². The van der Waals surface area contributed by atoms with Gasteiger partial charge in [0, 0.05) is 28.5 Å². The lowest BCUT2D eigenvalue weighted by atomic mass is 9.83. The summed E-state index contributed by atoms with van der Waals surface area (Å²) >= 11 is 1.81. The van der Waals surface area contributed by atoms with Gasteiger partial charge in [-0.1, -0.05) is 49.4 Å². The second-order valence-electron chi connectivity index (χ2n) is 7.66. The molecule has 32 heavy (non-hydrogen) atoms. The van der Waals surface area contributed by atoms with E-state index < -0.39 is 0 Å². The number of aromatic nitrogens is 1. The first-order valence-electron chi connectivity index (χ1n) is 11.3. The molecule has 1 aromatic heterocycles. The highest BCUT2D eigenvalue weighted by Gasteiger charge is 2.21. The van der Waals surface area contributed by atoms with Crippen molar-refractivity contribution in [2.45, 2.75) is 55.7 Å². The summed E-state index contributed by atoms with van der Waals surface area (Å²) in [5, 5.41) is 3.43. The van der Waals surface area contributed by atoms with Crippen molar-refractivity contribution in [2.24, 2.45) is 0 Å². The van der Waals surface area contributed by atoms with Gasteiger partial charge in [-0.25, -0.2) is 4.79 Å². The molecule has 1 atom stereocenters. The summed E-state index contributed by atoms with van der Waals surface area (Å²) in [6, 6.07) is 17.2. The molecule has 2 aromatic carbocycles. The van der Waals surface area contributed by atoms with E-state index >= 15 is 0 Å². The van der Waals surface area contributed by atoms with E-state index in [1.807, 2.05) is 25.6 Å². The molecule has 1 unspecified atom stereocenters. The zero-order valence-corrected chi connectivity index (χ0v) is 20.2. The van der Waals surface area contributed by atoms with Crippen LogP contribution in [0.25, 0.3) is 0 Å². The fourth-order valence-corrected chi connectivity index (χ4v) is 4.85. The maximum absolute atomic E-state index is 12.0. The first-order chi connectivity index (χ1) is 15.6. The minimum Gasteiger partial charge on any atom is -0.465 e. The van der Waals surface area contributed by atoms with Crippen molar-refractivity contribution in [3.63, 3.8) is 0 Å². The van der Waals surface area contributed by atoms with Gasteiger partial charge in [0.2, 0.25) is 0 Å². The summed E-state index contributed by atoms with van der Waals surface area (Å²) in [6.45, 7) is 6.88. The summed E-state index contributed by atoms with van der Waals surface area (Å²) in [5.41, 5.74) is 5.37. The van der Waals surface area contributed by atoms with E-state index in [4.69, 9.17) is 4.74 Å². The highest BCUT2D eigenvalue weighted by Crippen LogP contribution is 2.36. The molecule has 1 aliphatic carbocycles. The Morgan fingerprint density at radius 1 is 1.12 bits per heavy atom. The number of methoxy groups -OCH3 is 1. The largest absolute Gasteiger partial charge is 0.465 e. The van der Waals surface area contributed by atoms with Gasteiger partial charge < -0.3 is 10.1 Å². The number of carbonyl (C=O) groups excluding carboxylic acids is 1. The molecule has 0 bridgehead atoms. The normalized spacial score (nSPS) is 14.6. The summed E-state index contributed by atoms with van der Waals surface area (Å²) in [7, 11) is 1.40. The number of hydrogen-bond acceptors (Lipinski definition) is 5. The van der Waals surface area contributed by atoms with E-state index in [1.165, 1.54) is 40.0 Å². The Hall–Kier alpha value is -2.79. The molecule has 0 aliphatic heterocycles. The zero-order chi connectivity index (χ0) is 22.9. The number of nitrogens with one attached hydrogen (secondary N) is 1. The zero-order valence-electron chi connectivity index (χ0n) is 19.4. The Labute approximate surface area is 195 Å². The van der Waals surface area contributed by atoms with Gasteiger partial charge in [-0.3, -0.25) is 4.98 Å². The fraction of sp³-hybridized carbons (Fsp3) is 0.333. The van der Waals surface area contributed by atoms with E-state index in [9.17, 15) is 4.79 Å². The Morgan fingerprint density at radius 3 is 2.62 bits per heavy atom. The summed E-state index contributed by atoms with van der Waals surface area (Å²) < 4.78 is 4.88. The van der Waals surface area contributed by atoms with Crippen LogP contribution >= 0.6 is 11.8 Å². The van der Waals surface area contributed by atoms with Crippen LogP contribution in [0.4, 0.5) is 5.69 Å². The first kappa shape index (κ1) is 23.9. The molecule has 0 amide bonds. The molecule has 1 N–H and O–H groups in total. The predicted octanol–water partition coefficient (Wildman–Crippen LogP) is 6.89. The number of benzene rings is 2. The van der Waals surface area contributed by atoms with Gasteiger partial charge in [-0.05, 0) is 67.6 Å². The van der Waals surface area contributed by atoms with Crippen LogP contribution in [-0.2, 0) is 11.2 Å². The third-order valence-electron chi connectivity index (χ3n) is 5.57. The lowest BCUT2D eigenvalue weighted by Crippen LogP contribution is -2.19. The van der Waals surface area contributed by atoms with E-state index in [2.05, 4.69) is 59.7 Å². The van der Waals surface area contributed by atoms with Crippen LogP contribution in [0.15, 0.2) is 70.7 Å². The van der Waals surface area contributed by atoms with Gasteiger partial charge in [-0.15, -0.1) is 0 Å². The Bertz CT molecular complexity index is 1030. The SMILES string of the molecule is CC.COC(=O)c1ccncc1NCC1CCCc2cc(Sc3ccc(C)cc3)ccc21. The average Bonchev–Trinajstić information content (AvgIpc) is 2.85. The molecular weight excluding hydrogens is 416 g/mol. The van der Waals surface area contributed by atoms with Gasteiger partial charge in [0.15, 0.2) is 0 Å². The number of nitrogens with zero attached hydrogens (tertiary/aromatic N) is 1. The van der Waals surface area contributed by atoms with Crippen LogP contribution in [0.3, 0.4) is 0 Å². The van der Waals surface area contributed by atoms with Crippen LogP contribution in [-0.4, -0.2) is 24.6 Å². The van der Waals surface area contributed by atoms with Crippen molar-refractivity contribution < 1.29 is 9.53 Å². The standard InChI is InChI=1S/C25H26N2O2S.C2H6/c1-17-6-8-20(9-7-17)30-21-10-11-22-18(14-21)4-3-5-19(22)15-27-24-16-26-13-12-23(24)25(28)29-2;1-2/h6-14,16,19,27H,3-5,15H2,1-2H3;1-2H3. The molecule has 4 nitrogen and oxygen atoms in total. The highest BCUT2D eigenvalue weighted by molar-refractivity contribution is 7.99. The monoisotopic (exact) mass is 448 g/mol. The van der Waals surface area contributed by atoms with E-state index in [0.717, 1.165) is 25.1 Å². The van der Waals surface area contributed by atoms with Crippen molar-refractivity contribution in [1.82, 2.24) is 4.98 Å². The Balaban J connectivity index is 0.00000141.